The number of amides is 3. The molecule has 0 bridgehead atoms. The molecule has 0 unspecified atom stereocenters. The van der Waals surface area contributed by atoms with E-state index < -0.39 is 0 Å². The number of carbonyl (C=O) groups is 2. The van der Waals surface area contributed by atoms with Gasteiger partial charge in [0.25, 0.3) is 5.91 Å². The third kappa shape index (κ3) is 3.41. The molecule has 2 aromatic carbocycles. The molecule has 0 saturated carbocycles. The highest BCUT2D eigenvalue weighted by Crippen LogP contribution is 2.24. The molecule has 118 valence electrons. The van der Waals surface area contributed by atoms with Gasteiger partial charge in [-0.15, -0.1) is 0 Å². The van der Waals surface area contributed by atoms with E-state index in [4.69, 9.17) is 23.2 Å². The van der Waals surface area contributed by atoms with Gasteiger partial charge in [0.05, 0.1) is 10.0 Å². The van der Waals surface area contributed by atoms with Gasteiger partial charge in [-0.05, 0) is 42.5 Å². The summed E-state index contributed by atoms with van der Waals surface area (Å²) in [5.41, 5.74) is 1.83. The number of nitrogens with one attached hydrogen (secondary N) is 2. The summed E-state index contributed by atoms with van der Waals surface area (Å²) in [6, 6.07) is 11.7. The van der Waals surface area contributed by atoms with Crippen molar-refractivity contribution < 1.29 is 9.59 Å². The largest absolute Gasteiger partial charge is 0.336 e. The molecule has 1 aliphatic rings. The van der Waals surface area contributed by atoms with E-state index in [1.807, 2.05) is 0 Å². The van der Waals surface area contributed by atoms with Crippen molar-refractivity contribution in [3.8, 4) is 0 Å². The molecular formula is C16H13Cl2N3O2. The summed E-state index contributed by atoms with van der Waals surface area (Å²) in [5.74, 6) is -0.282. The fourth-order valence-electron chi connectivity index (χ4n) is 2.28. The summed E-state index contributed by atoms with van der Waals surface area (Å²) in [4.78, 5) is 25.4. The standard InChI is InChI=1S/C16H13Cl2N3O2/c17-13-6-1-10(9-14(13)18)15(22)20-11-2-4-12(5-3-11)21-8-7-19-16(21)23/h1-6,9H,7-8H2,(H,19,23)(H,20,22). The summed E-state index contributed by atoms with van der Waals surface area (Å²) >= 11 is 11.7. The van der Waals surface area contributed by atoms with Gasteiger partial charge in [-0.2, -0.15) is 0 Å². The van der Waals surface area contributed by atoms with Gasteiger partial charge in [0.2, 0.25) is 0 Å². The number of anilines is 2. The Labute approximate surface area is 143 Å². The number of benzene rings is 2. The molecule has 0 spiro atoms. The van der Waals surface area contributed by atoms with Crippen LogP contribution >= 0.6 is 23.2 Å². The molecule has 0 aliphatic carbocycles. The van der Waals surface area contributed by atoms with Crippen LogP contribution in [-0.4, -0.2) is 25.0 Å². The zero-order valence-corrected chi connectivity index (χ0v) is 13.5. The van der Waals surface area contributed by atoms with E-state index in [9.17, 15) is 9.59 Å². The van der Waals surface area contributed by atoms with Crippen LogP contribution in [0.1, 0.15) is 10.4 Å². The molecule has 3 rings (SSSR count). The number of urea groups is 1. The Morgan fingerprint density at radius 1 is 1.09 bits per heavy atom. The summed E-state index contributed by atoms with van der Waals surface area (Å²) in [7, 11) is 0. The Bertz CT molecular complexity index is 762. The van der Waals surface area contributed by atoms with Crippen molar-refractivity contribution in [3.63, 3.8) is 0 Å². The lowest BCUT2D eigenvalue weighted by Gasteiger charge is -2.14. The van der Waals surface area contributed by atoms with Crippen LogP contribution < -0.4 is 15.5 Å². The third-order valence-corrected chi connectivity index (χ3v) is 4.21. The maximum atomic E-state index is 12.2. The minimum atomic E-state index is -0.282. The van der Waals surface area contributed by atoms with Gasteiger partial charge in [-0.3, -0.25) is 9.69 Å². The summed E-state index contributed by atoms with van der Waals surface area (Å²) in [5, 5.41) is 6.24. The van der Waals surface area contributed by atoms with Crippen LogP contribution in [0.2, 0.25) is 10.0 Å². The molecule has 2 aromatic rings. The van der Waals surface area contributed by atoms with Gasteiger partial charge in [-0.1, -0.05) is 23.2 Å². The molecule has 0 atom stereocenters. The van der Waals surface area contributed by atoms with E-state index in [1.165, 1.54) is 6.07 Å². The first-order valence-corrected chi connectivity index (χ1v) is 7.72. The van der Waals surface area contributed by atoms with Crippen molar-refractivity contribution in [2.24, 2.45) is 0 Å². The average molecular weight is 350 g/mol. The number of halogens is 2. The van der Waals surface area contributed by atoms with Crippen molar-refractivity contribution in [2.75, 3.05) is 23.3 Å². The van der Waals surface area contributed by atoms with Crippen molar-refractivity contribution in [1.29, 1.82) is 0 Å². The van der Waals surface area contributed by atoms with Crippen LogP contribution in [0.25, 0.3) is 0 Å². The molecule has 1 saturated heterocycles. The normalized spacial score (nSPS) is 13.8. The smallest absolute Gasteiger partial charge is 0.321 e. The minimum absolute atomic E-state index is 0.113. The Balaban J connectivity index is 1.71. The van der Waals surface area contributed by atoms with Crippen LogP contribution in [0.4, 0.5) is 16.2 Å². The van der Waals surface area contributed by atoms with Crippen LogP contribution in [0.3, 0.4) is 0 Å². The summed E-state index contributed by atoms with van der Waals surface area (Å²) in [6.07, 6.45) is 0. The molecular weight excluding hydrogens is 337 g/mol. The fraction of sp³-hybridized carbons (Fsp3) is 0.125. The predicted molar refractivity (Wildman–Crippen MR) is 91.6 cm³/mol. The molecule has 0 aromatic heterocycles. The molecule has 1 fully saturated rings. The molecule has 5 nitrogen and oxygen atoms in total. The highest BCUT2D eigenvalue weighted by atomic mass is 35.5. The van der Waals surface area contributed by atoms with Gasteiger partial charge >= 0.3 is 6.03 Å². The topological polar surface area (TPSA) is 61.4 Å². The van der Waals surface area contributed by atoms with Crippen molar-refractivity contribution in [1.82, 2.24) is 5.32 Å². The molecule has 23 heavy (non-hydrogen) atoms. The maximum absolute atomic E-state index is 12.2. The second-order valence-corrected chi connectivity index (χ2v) is 5.83. The Hall–Kier alpha value is -2.24. The van der Waals surface area contributed by atoms with E-state index in [0.717, 1.165) is 5.69 Å². The predicted octanol–water partition coefficient (Wildman–Crippen LogP) is 3.78. The second kappa shape index (κ2) is 6.48. The van der Waals surface area contributed by atoms with Crippen LogP contribution in [-0.2, 0) is 0 Å². The molecule has 1 heterocycles. The van der Waals surface area contributed by atoms with Crippen molar-refractivity contribution >= 4 is 46.5 Å². The minimum Gasteiger partial charge on any atom is -0.336 e. The number of hydrogen-bond donors (Lipinski definition) is 2. The zero-order chi connectivity index (χ0) is 16.4. The molecule has 1 aliphatic heterocycles. The van der Waals surface area contributed by atoms with Gasteiger partial charge < -0.3 is 10.6 Å². The van der Waals surface area contributed by atoms with E-state index in [2.05, 4.69) is 10.6 Å². The number of rotatable bonds is 3. The Kier molecular flexibility index (Phi) is 4.41. The molecule has 7 heteroatoms. The molecule has 0 radical (unpaired) electrons. The fourth-order valence-corrected chi connectivity index (χ4v) is 2.58. The molecule has 2 N–H and O–H groups in total. The lowest BCUT2D eigenvalue weighted by Crippen LogP contribution is -2.27. The van der Waals surface area contributed by atoms with Crippen LogP contribution in [0.5, 0.6) is 0 Å². The van der Waals surface area contributed by atoms with Gasteiger partial charge in [-0.25, -0.2) is 4.79 Å². The lowest BCUT2D eigenvalue weighted by atomic mass is 10.2. The van der Waals surface area contributed by atoms with E-state index in [1.54, 1.807) is 41.3 Å². The monoisotopic (exact) mass is 349 g/mol. The number of carbonyl (C=O) groups excluding carboxylic acids is 2. The summed E-state index contributed by atoms with van der Waals surface area (Å²) < 4.78 is 0. The van der Waals surface area contributed by atoms with Crippen molar-refractivity contribution in [3.05, 3.63) is 58.1 Å². The number of nitrogens with zero attached hydrogens (tertiary/aromatic N) is 1. The van der Waals surface area contributed by atoms with Gasteiger partial charge in [0, 0.05) is 30.0 Å². The highest BCUT2D eigenvalue weighted by molar-refractivity contribution is 6.42. The second-order valence-electron chi connectivity index (χ2n) is 5.01. The first-order valence-electron chi connectivity index (χ1n) is 6.96. The average Bonchev–Trinajstić information content (AvgIpc) is 2.97. The first-order chi connectivity index (χ1) is 11.0. The molecule has 3 amide bonds. The number of hydrogen-bond acceptors (Lipinski definition) is 2. The lowest BCUT2D eigenvalue weighted by molar-refractivity contribution is 0.102. The van der Waals surface area contributed by atoms with Gasteiger partial charge in [0.15, 0.2) is 0 Å². The van der Waals surface area contributed by atoms with Crippen LogP contribution in [0, 0.1) is 0 Å². The summed E-state index contributed by atoms with van der Waals surface area (Å²) in [6.45, 7) is 1.27. The highest BCUT2D eigenvalue weighted by Gasteiger charge is 2.20. The van der Waals surface area contributed by atoms with E-state index in [-0.39, 0.29) is 11.9 Å². The zero-order valence-electron chi connectivity index (χ0n) is 12.0. The quantitative estimate of drug-likeness (QED) is 0.885. The first kappa shape index (κ1) is 15.6. The van der Waals surface area contributed by atoms with Crippen molar-refractivity contribution in [2.45, 2.75) is 0 Å². The maximum Gasteiger partial charge on any atom is 0.321 e. The van der Waals surface area contributed by atoms with E-state index in [0.29, 0.717) is 34.4 Å². The SMILES string of the molecule is O=C(Nc1ccc(N2CCNC2=O)cc1)c1ccc(Cl)c(Cl)c1. The van der Waals surface area contributed by atoms with Crippen LogP contribution in [0.15, 0.2) is 42.5 Å². The van der Waals surface area contributed by atoms with Gasteiger partial charge in [0.1, 0.15) is 0 Å². The Morgan fingerprint density at radius 2 is 1.83 bits per heavy atom. The Morgan fingerprint density at radius 3 is 2.43 bits per heavy atom. The third-order valence-electron chi connectivity index (χ3n) is 3.48. The van der Waals surface area contributed by atoms with E-state index >= 15 is 0 Å².